The van der Waals surface area contributed by atoms with Gasteiger partial charge in [0.05, 0.1) is 0 Å². The largest absolute Gasteiger partial charge is 0.349 e. The van der Waals surface area contributed by atoms with Gasteiger partial charge in [-0.1, -0.05) is 48.2 Å². The summed E-state index contributed by atoms with van der Waals surface area (Å²) in [5, 5.41) is 3.22. The minimum absolute atomic E-state index is 0.0544. The molecule has 1 N–H and O–H groups in total. The van der Waals surface area contributed by atoms with Crippen molar-refractivity contribution in [1.29, 1.82) is 0 Å². The highest BCUT2D eigenvalue weighted by atomic mass is 79.9. The quantitative estimate of drug-likeness (QED) is 0.866. The summed E-state index contributed by atoms with van der Waals surface area (Å²) >= 11 is 3.41. The standard InChI is InChI=1S/C16H22BrNO/c1-2-15(12-7-4-3-5-8-12)18-16(19)13-9-6-10-14(17)11-13/h6,9-12,15H,2-5,7-8H2,1H3,(H,18,19). The van der Waals surface area contributed by atoms with Crippen LogP contribution in [0.5, 0.6) is 0 Å². The van der Waals surface area contributed by atoms with E-state index in [1.165, 1.54) is 32.1 Å². The number of amides is 1. The van der Waals surface area contributed by atoms with Gasteiger partial charge in [0.1, 0.15) is 0 Å². The van der Waals surface area contributed by atoms with Crippen LogP contribution in [-0.4, -0.2) is 11.9 Å². The molecule has 1 fully saturated rings. The van der Waals surface area contributed by atoms with Gasteiger partial charge in [-0.2, -0.15) is 0 Å². The van der Waals surface area contributed by atoms with Gasteiger partial charge in [0, 0.05) is 16.1 Å². The predicted molar refractivity (Wildman–Crippen MR) is 82.3 cm³/mol. The molecule has 1 saturated carbocycles. The zero-order chi connectivity index (χ0) is 13.7. The Morgan fingerprint density at radius 3 is 2.74 bits per heavy atom. The monoisotopic (exact) mass is 323 g/mol. The smallest absolute Gasteiger partial charge is 0.251 e. The third-order valence-electron chi connectivity index (χ3n) is 4.06. The molecule has 0 saturated heterocycles. The molecule has 0 radical (unpaired) electrons. The van der Waals surface area contributed by atoms with Crippen molar-refractivity contribution in [3.63, 3.8) is 0 Å². The number of nitrogens with one attached hydrogen (secondary N) is 1. The first-order valence-corrected chi connectivity index (χ1v) is 8.06. The van der Waals surface area contributed by atoms with E-state index in [0.29, 0.717) is 12.0 Å². The molecule has 1 amide bonds. The third kappa shape index (κ3) is 4.07. The minimum Gasteiger partial charge on any atom is -0.349 e. The number of carbonyl (C=O) groups is 1. The van der Waals surface area contributed by atoms with Crippen molar-refractivity contribution in [2.24, 2.45) is 5.92 Å². The van der Waals surface area contributed by atoms with E-state index in [-0.39, 0.29) is 5.91 Å². The van der Waals surface area contributed by atoms with E-state index in [4.69, 9.17) is 0 Å². The van der Waals surface area contributed by atoms with Crippen molar-refractivity contribution in [3.05, 3.63) is 34.3 Å². The van der Waals surface area contributed by atoms with Gasteiger partial charge in [-0.15, -0.1) is 0 Å². The van der Waals surface area contributed by atoms with Crippen molar-refractivity contribution in [3.8, 4) is 0 Å². The molecule has 0 aromatic heterocycles. The first-order chi connectivity index (χ1) is 9.20. The second kappa shape index (κ2) is 7.09. The average molecular weight is 324 g/mol. The summed E-state index contributed by atoms with van der Waals surface area (Å²) in [4.78, 5) is 12.3. The van der Waals surface area contributed by atoms with Crippen molar-refractivity contribution in [2.45, 2.75) is 51.5 Å². The Kier molecular flexibility index (Phi) is 5.44. The summed E-state index contributed by atoms with van der Waals surface area (Å²) in [5.74, 6) is 0.716. The van der Waals surface area contributed by atoms with E-state index in [9.17, 15) is 4.79 Å². The van der Waals surface area contributed by atoms with Crippen molar-refractivity contribution in [1.82, 2.24) is 5.32 Å². The molecule has 1 aliphatic rings. The highest BCUT2D eigenvalue weighted by Gasteiger charge is 2.23. The van der Waals surface area contributed by atoms with Gasteiger partial charge < -0.3 is 5.32 Å². The number of hydrogen-bond donors (Lipinski definition) is 1. The summed E-state index contributed by atoms with van der Waals surface area (Å²) in [5.41, 5.74) is 0.739. The fourth-order valence-corrected chi connectivity index (χ4v) is 3.37. The van der Waals surface area contributed by atoms with Gasteiger partial charge >= 0.3 is 0 Å². The molecule has 19 heavy (non-hydrogen) atoms. The van der Waals surface area contributed by atoms with E-state index >= 15 is 0 Å². The second-order valence-electron chi connectivity index (χ2n) is 5.40. The molecule has 0 heterocycles. The predicted octanol–water partition coefficient (Wildman–Crippen LogP) is 4.54. The lowest BCUT2D eigenvalue weighted by Gasteiger charge is -2.30. The van der Waals surface area contributed by atoms with E-state index < -0.39 is 0 Å². The number of halogens is 1. The molecular weight excluding hydrogens is 302 g/mol. The van der Waals surface area contributed by atoms with Crippen LogP contribution in [0.1, 0.15) is 55.8 Å². The molecule has 1 aromatic carbocycles. The highest BCUT2D eigenvalue weighted by molar-refractivity contribution is 9.10. The fourth-order valence-electron chi connectivity index (χ4n) is 2.97. The minimum atomic E-state index is 0.0544. The molecule has 1 atom stereocenters. The van der Waals surface area contributed by atoms with E-state index in [2.05, 4.69) is 28.2 Å². The Balaban J connectivity index is 1.99. The molecule has 0 aliphatic heterocycles. The Labute approximate surface area is 124 Å². The van der Waals surface area contributed by atoms with Crippen molar-refractivity contribution < 1.29 is 4.79 Å². The number of rotatable bonds is 4. The Hall–Kier alpha value is -0.830. The van der Waals surface area contributed by atoms with Gasteiger partial charge in [-0.25, -0.2) is 0 Å². The topological polar surface area (TPSA) is 29.1 Å². The molecule has 3 heteroatoms. The van der Waals surface area contributed by atoms with Gasteiger partial charge in [-0.3, -0.25) is 4.79 Å². The highest BCUT2D eigenvalue weighted by Crippen LogP contribution is 2.28. The van der Waals surface area contributed by atoms with Gasteiger partial charge in [0.25, 0.3) is 5.91 Å². The van der Waals surface area contributed by atoms with E-state index in [1.807, 2.05) is 24.3 Å². The molecule has 0 bridgehead atoms. The lowest BCUT2D eigenvalue weighted by atomic mass is 9.83. The van der Waals surface area contributed by atoms with E-state index in [0.717, 1.165) is 16.5 Å². The number of benzene rings is 1. The van der Waals surface area contributed by atoms with Crippen molar-refractivity contribution in [2.75, 3.05) is 0 Å². The first kappa shape index (κ1) is 14.6. The zero-order valence-electron chi connectivity index (χ0n) is 11.5. The SMILES string of the molecule is CCC(NC(=O)c1cccc(Br)c1)C1CCCCC1. The van der Waals surface area contributed by atoms with Crippen LogP contribution in [0.25, 0.3) is 0 Å². The Morgan fingerprint density at radius 2 is 2.11 bits per heavy atom. The molecule has 1 unspecified atom stereocenters. The van der Waals surface area contributed by atoms with Gasteiger partial charge in [0.15, 0.2) is 0 Å². The Morgan fingerprint density at radius 1 is 1.37 bits per heavy atom. The molecular formula is C16H22BrNO. The van der Waals surface area contributed by atoms with Gasteiger partial charge in [-0.05, 0) is 43.4 Å². The Bertz CT molecular complexity index is 427. The van der Waals surface area contributed by atoms with Crippen LogP contribution in [-0.2, 0) is 0 Å². The molecule has 2 rings (SSSR count). The van der Waals surface area contributed by atoms with Crippen LogP contribution in [0.15, 0.2) is 28.7 Å². The second-order valence-corrected chi connectivity index (χ2v) is 6.31. The fraction of sp³-hybridized carbons (Fsp3) is 0.562. The van der Waals surface area contributed by atoms with Gasteiger partial charge in [0.2, 0.25) is 0 Å². The lowest BCUT2D eigenvalue weighted by Crippen LogP contribution is -2.40. The van der Waals surface area contributed by atoms with Crippen molar-refractivity contribution >= 4 is 21.8 Å². The summed E-state index contributed by atoms with van der Waals surface area (Å²) in [6.45, 7) is 2.17. The van der Waals surface area contributed by atoms with E-state index in [1.54, 1.807) is 0 Å². The normalized spacial score (nSPS) is 18.0. The zero-order valence-corrected chi connectivity index (χ0v) is 13.1. The molecule has 0 spiro atoms. The summed E-state index contributed by atoms with van der Waals surface area (Å²) in [6.07, 6.45) is 7.52. The molecule has 1 aromatic rings. The van der Waals surface area contributed by atoms with Crippen LogP contribution in [0.3, 0.4) is 0 Å². The molecule has 2 nitrogen and oxygen atoms in total. The van der Waals surface area contributed by atoms with Crippen LogP contribution in [0, 0.1) is 5.92 Å². The summed E-state index contributed by atoms with van der Waals surface area (Å²) in [7, 11) is 0. The van der Waals surface area contributed by atoms with Crippen LogP contribution < -0.4 is 5.32 Å². The van der Waals surface area contributed by atoms with Crippen LogP contribution >= 0.6 is 15.9 Å². The lowest BCUT2D eigenvalue weighted by molar-refractivity contribution is 0.0911. The maximum absolute atomic E-state index is 12.3. The first-order valence-electron chi connectivity index (χ1n) is 7.27. The summed E-state index contributed by atoms with van der Waals surface area (Å²) < 4.78 is 0.950. The number of carbonyl (C=O) groups excluding carboxylic acids is 1. The third-order valence-corrected chi connectivity index (χ3v) is 4.56. The maximum atomic E-state index is 12.3. The van der Waals surface area contributed by atoms with Crippen LogP contribution in [0.2, 0.25) is 0 Å². The maximum Gasteiger partial charge on any atom is 0.251 e. The molecule has 104 valence electrons. The van der Waals surface area contributed by atoms with Crippen LogP contribution in [0.4, 0.5) is 0 Å². The molecule has 1 aliphatic carbocycles. The number of hydrogen-bond acceptors (Lipinski definition) is 1. The average Bonchev–Trinajstić information content (AvgIpc) is 2.45. The summed E-state index contributed by atoms with van der Waals surface area (Å²) in [6, 6.07) is 7.92.